The van der Waals surface area contributed by atoms with Gasteiger partial charge in [-0.1, -0.05) is 0 Å². The summed E-state index contributed by atoms with van der Waals surface area (Å²) in [5.41, 5.74) is 5.50. The highest BCUT2D eigenvalue weighted by atomic mass is 16.5. The summed E-state index contributed by atoms with van der Waals surface area (Å²) in [6.07, 6.45) is 0.334. The smallest absolute Gasteiger partial charge is 0.0757 e. The Bertz CT molecular complexity index is 147. The summed E-state index contributed by atoms with van der Waals surface area (Å²) in [6.45, 7) is 10.1. The molecule has 2 N–H and O–H groups in total. The molecule has 1 rings (SSSR count). The van der Waals surface area contributed by atoms with Crippen LogP contribution in [0.1, 0.15) is 20.8 Å². The molecule has 0 saturated carbocycles. The first-order valence-electron chi connectivity index (χ1n) is 4.64. The van der Waals surface area contributed by atoms with Crippen LogP contribution < -0.4 is 5.73 Å². The van der Waals surface area contributed by atoms with Gasteiger partial charge in [0.2, 0.25) is 0 Å². The first-order chi connectivity index (χ1) is 5.53. The zero-order chi connectivity index (χ0) is 9.19. The Kier molecular flexibility index (Phi) is 3.09. The molecular weight excluding hydrogens is 152 g/mol. The molecule has 1 saturated heterocycles. The third kappa shape index (κ3) is 2.73. The highest BCUT2D eigenvalue weighted by Crippen LogP contribution is 2.19. The molecule has 0 bridgehead atoms. The third-order valence-corrected chi connectivity index (χ3v) is 2.09. The lowest BCUT2D eigenvalue weighted by molar-refractivity contribution is -0.127. The van der Waals surface area contributed by atoms with Gasteiger partial charge in [0, 0.05) is 26.2 Å². The molecule has 1 aliphatic heterocycles. The molecule has 0 aromatic carbocycles. The van der Waals surface area contributed by atoms with E-state index in [4.69, 9.17) is 10.5 Å². The Morgan fingerprint density at radius 2 is 2.25 bits per heavy atom. The summed E-state index contributed by atoms with van der Waals surface area (Å²) in [6, 6.07) is 0. The van der Waals surface area contributed by atoms with Crippen molar-refractivity contribution in [1.82, 2.24) is 4.90 Å². The van der Waals surface area contributed by atoms with Crippen LogP contribution in [-0.4, -0.2) is 42.8 Å². The van der Waals surface area contributed by atoms with Gasteiger partial charge in [0.25, 0.3) is 0 Å². The van der Waals surface area contributed by atoms with E-state index in [9.17, 15) is 0 Å². The maximum Gasteiger partial charge on any atom is 0.0757 e. The van der Waals surface area contributed by atoms with Crippen LogP contribution in [0.2, 0.25) is 0 Å². The monoisotopic (exact) mass is 172 g/mol. The molecule has 0 aromatic heterocycles. The lowest BCUT2D eigenvalue weighted by Gasteiger charge is -2.41. The van der Waals surface area contributed by atoms with Crippen LogP contribution in [0.15, 0.2) is 0 Å². The molecule has 12 heavy (non-hydrogen) atoms. The fourth-order valence-corrected chi connectivity index (χ4v) is 1.94. The molecule has 1 heterocycles. The van der Waals surface area contributed by atoms with E-state index in [0.29, 0.717) is 6.10 Å². The van der Waals surface area contributed by atoms with Crippen LogP contribution in [0.5, 0.6) is 0 Å². The minimum atomic E-state index is -0.00711. The van der Waals surface area contributed by atoms with Crippen molar-refractivity contribution in [2.24, 2.45) is 5.73 Å². The van der Waals surface area contributed by atoms with Crippen LogP contribution in [0.4, 0.5) is 0 Å². The summed E-state index contributed by atoms with van der Waals surface area (Å²) in [7, 11) is 0. The zero-order valence-corrected chi connectivity index (χ0v) is 8.34. The number of ether oxygens (including phenoxy) is 1. The quantitative estimate of drug-likeness (QED) is 0.657. The third-order valence-electron chi connectivity index (χ3n) is 2.09. The molecule has 1 unspecified atom stereocenters. The topological polar surface area (TPSA) is 38.5 Å². The van der Waals surface area contributed by atoms with Gasteiger partial charge in [-0.15, -0.1) is 0 Å². The molecule has 1 atom stereocenters. The van der Waals surface area contributed by atoms with E-state index < -0.39 is 0 Å². The van der Waals surface area contributed by atoms with E-state index in [-0.39, 0.29) is 5.60 Å². The lowest BCUT2D eigenvalue weighted by Crippen LogP contribution is -2.52. The van der Waals surface area contributed by atoms with E-state index in [2.05, 4.69) is 25.7 Å². The molecular formula is C9H20N2O. The molecule has 1 fully saturated rings. The van der Waals surface area contributed by atoms with Crippen LogP contribution in [0, 0.1) is 0 Å². The molecule has 0 radical (unpaired) electrons. The number of nitrogens with zero attached hydrogens (tertiary/aromatic N) is 1. The fourth-order valence-electron chi connectivity index (χ4n) is 1.94. The van der Waals surface area contributed by atoms with Crippen LogP contribution in [0.3, 0.4) is 0 Å². The molecule has 72 valence electrons. The van der Waals surface area contributed by atoms with Crippen LogP contribution in [-0.2, 0) is 4.74 Å². The van der Waals surface area contributed by atoms with Gasteiger partial charge in [-0.25, -0.2) is 0 Å². The van der Waals surface area contributed by atoms with Gasteiger partial charge in [-0.3, -0.25) is 4.90 Å². The van der Waals surface area contributed by atoms with Gasteiger partial charge in [0.05, 0.1) is 11.7 Å². The number of morpholine rings is 1. The van der Waals surface area contributed by atoms with Gasteiger partial charge in [0.15, 0.2) is 0 Å². The van der Waals surface area contributed by atoms with Crippen molar-refractivity contribution in [2.45, 2.75) is 32.5 Å². The molecule has 3 nitrogen and oxygen atoms in total. The highest BCUT2D eigenvalue weighted by molar-refractivity contribution is 4.82. The number of hydrogen-bond donors (Lipinski definition) is 1. The molecule has 0 spiro atoms. The Labute approximate surface area is 74.9 Å². The average molecular weight is 172 g/mol. The van der Waals surface area contributed by atoms with Crippen molar-refractivity contribution in [1.29, 1.82) is 0 Å². The number of nitrogens with two attached hydrogens (primary N) is 1. The maximum absolute atomic E-state index is 5.77. The van der Waals surface area contributed by atoms with E-state index >= 15 is 0 Å². The predicted octanol–water partition coefficient (Wildman–Crippen LogP) is 0.444. The minimum Gasteiger partial charge on any atom is -0.370 e. The van der Waals surface area contributed by atoms with Crippen molar-refractivity contribution in [3.05, 3.63) is 0 Å². The fraction of sp³-hybridized carbons (Fsp3) is 1.00. The summed E-state index contributed by atoms with van der Waals surface area (Å²) in [4.78, 5) is 2.37. The Hall–Kier alpha value is -0.120. The van der Waals surface area contributed by atoms with Gasteiger partial charge < -0.3 is 10.5 Å². The minimum absolute atomic E-state index is 0.00711. The maximum atomic E-state index is 5.77. The predicted molar refractivity (Wildman–Crippen MR) is 50.1 cm³/mol. The Balaban J connectivity index is 2.46. The number of hydrogen-bond acceptors (Lipinski definition) is 3. The average Bonchev–Trinajstić information content (AvgIpc) is 1.82. The number of rotatable bonds is 2. The standard InChI is InChI=1S/C9H20N2O/c1-8-6-11(5-4-10)7-9(2,3)12-8/h8H,4-7,10H2,1-3H3. The molecule has 0 amide bonds. The Morgan fingerprint density at radius 1 is 1.58 bits per heavy atom. The van der Waals surface area contributed by atoms with E-state index in [1.807, 2.05) is 0 Å². The second-order valence-electron chi connectivity index (χ2n) is 4.21. The van der Waals surface area contributed by atoms with Gasteiger partial charge in [0.1, 0.15) is 0 Å². The van der Waals surface area contributed by atoms with Crippen LogP contribution >= 0.6 is 0 Å². The van der Waals surface area contributed by atoms with Crippen molar-refractivity contribution in [3.63, 3.8) is 0 Å². The van der Waals surface area contributed by atoms with E-state index in [1.165, 1.54) is 0 Å². The van der Waals surface area contributed by atoms with E-state index in [0.717, 1.165) is 26.2 Å². The van der Waals surface area contributed by atoms with Crippen molar-refractivity contribution in [2.75, 3.05) is 26.2 Å². The molecule has 3 heteroatoms. The lowest BCUT2D eigenvalue weighted by atomic mass is 10.1. The normalized spacial score (nSPS) is 30.5. The molecule has 0 aliphatic carbocycles. The second-order valence-corrected chi connectivity index (χ2v) is 4.21. The van der Waals surface area contributed by atoms with Crippen molar-refractivity contribution >= 4 is 0 Å². The highest BCUT2D eigenvalue weighted by Gasteiger charge is 2.30. The Morgan fingerprint density at radius 3 is 2.75 bits per heavy atom. The largest absolute Gasteiger partial charge is 0.370 e. The van der Waals surface area contributed by atoms with Crippen molar-refractivity contribution in [3.8, 4) is 0 Å². The van der Waals surface area contributed by atoms with E-state index in [1.54, 1.807) is 0 Å². The summed E-state index contributed by atoms with van der Waals surface area (Å²) in [5.74, 6) is 0. The molecule has 1 aliphatic rings. The second kappa shape index (κ2) is 3.73. The molecule has 0 aromatic rings. The summed E-state index contributed by atoms with van der Waals surface area (Å²) >= 11 is 0. The van der Waals surface area contributed by atoms with Crippen LogP contribution in [0.25, 0.3) is 0 Å². The van der Waals surface area contributed by atoms with Gasteiger partial charge >= 0.3 is 0 Å². The summed E-state index contributed by atoms with van der Waals surface area (Å²) < 4.78 is 5.77. The summed E-state index contributed by atoms with van der Waals surface area (Å²) in [5, 5.41) is 0. The first-order valence-corrected chi connectivity index (χ1v) is 4.64. The van der Waals surface area contributed by atoms with Gasteiger partial charge in [-0.05, 0) is 20.8 Å². The van der Waals surface area contributed by atoms with Gasteiger partial charge in [-0.2, -0.15) is 0 Å². The van der Waals surface area contributed by atoms with Crippen molar-refractivity contribution < 1.29 is 4.74 Å². The zero-order valence-electron chi connectivity index (χ0n) is 8.34. The SMILES string of the molecule is CC1CN(CCN)CC(C)(C)O1. The first kappa shape index (κ1) is 9.96.